The number of aromatic amines is 1. The van der Waals surface area contributed by atoms with Crippen molar-refractivity contribution < 1.29 is 13.6 Å². The maximum atomic E-state index is 14.3. The van der Waals surface area contributed by atoms with Crippen LogP contribution in [0.3, 0.4) is 0 Å². The first-order chi connectivity index (χ1) is 14.4. The minimum atomic E-state index is -0.974. The van der Waals surface area contributed by atoms with Crippen LogP contribution in [0.15, 0.2) is 48.9 Å². The van der Waals surface area contributed by atoms with Gasteiger partial charge < -0.3 is 16.0 Å². The lowest BCUT2D eigenvalue weighted by molar-refractivity contribution is 0.0996. The molecule has 0 saturated carbocycles. The molecule has 0 atom stereocenters. The molecule has 0 radical (unpaired) electrons. The van der Waals surface area contributed by atoms with E-state index in [-0.39, 0.29) is 17.7 Å². The average molecular weight is 428 g/mol. The highest BCUT2D eigenvalue weighted by molar-refractivity contribution is 6.31. The third-order valence-electron chi connectivity index (χ3n) is 4.70. The first kappa shape index (κ1) is 19.8. The van der Waals surface area contributed by atoms with Gasteiger partial charge in [-0.2, -0.15) is 0 Å². The van der Waals surface area contributed by atoms with Crippen LogP contribution < -0.4 is 11.1 Å². The number of hydrogen-bond acceptors (Lipinski definition) is 4. The number of halogens is 3. The molecule has 0 aliphatic carbocycles. The molecule has 152 valence electrons. The summed E-state index contributed by atoms with van der Waals surface area (Å²) in [6.07, 6.45) is 5.74. The van der Waals surface area contributed by atoms with Crippen molar-refractivity contribution in [2.45, 2.75) is 13.0 Å². The van der Waals surface area contributed by atoms with Crippen molar-refractivity contribution >= 4 is 34.4 Å². The molecule has 0 aliphatic heterocycles. The van der Waals surface area contributed by atoms with Gasteiger partial charge in [-0.3, -0.25) is 4.79 Å². The van der Waals surface area contributed by atoms with Crippen LogP contribution in [0.2, 0.25) is 5.02 Å². The molecular weight excluding hydrogens is 412 g/mol. The fourth-order valence-corrected chi connectivity index (χ4v) is 3.32. The summed E-state index contributed by atoms with van der Waals surface area (Å²) in [6.45, 7) is -0.183. The Morgan fingerprint density at radius 2 is 2.00 bits per heavy atom. The largest absolute Gasteiger partial charge is 0.366 e. The summed E-state index contributed by atoms with van der Waals surface area (Å²) in [5, 5.41) is 4.35. The lowest BCUT2D eigenvalue weighted by Crippen LogP contribution is -2.16. The zero-order valence-corrected chi connectivity index (χ0v) is 16.3. The van der Waals surface area contributed by atoms with Gasteiger partial charge in [0.05, 0.1) is 10.6 Å². The fraction of sp³-hybridized carbons (Fsp3) is 0.0952. The molecular formula is C21H16ClF2N5O. The Morgan fingerprint density at radius 1 is 1.17 bits per heavy atom. The third-order valence-corrected chi connectivity index (χ3v) is 4.91. The quantitative estimate of drug-likeness (QED) is 0.430. The fourth-order valence-electron chi connectivity index (χ4n) is 3.16. The molecule has 0 fully saturated rings. The van der Waals surface area contributed by atoms with Gasteiger partial charge in [0.2, 0.25) is 0 Å². The minimum Gasteiger partial charge on any atom is -0.366 e. The van der Waals surface area contributed by atoms with Gasteiger partial charge in [-0.05, 0) is 35.4 Å². The van der Waals surface area contributed by atoms with Crippen LogP contribution in [0.25, 0.3) is 11.0 Å². The Bertz CT molecular complexity index is 1240. The molecule has 0 saturated heterocycles. The molecule has 4 aromatic rings. The molecule has 4 rings (SSSR count). The maximum absolute atomic E-state index is 14.3. The standard InChI is InChI=1S/C21H16ClF2N5O/c22-13-6-15-12(8-28-21(15)29-9-13)5-11-1-4-18(26-7-11)27-10-16-17(23)3-2-14(19(16)24)20(25)30/h1-4,6-9H,5,10H2,(H2,25,30)(H,26,27)(H,28,29). The average Bonchev–Trinajstić information content (AvgIpc) is 3.10. The second-order valence-electron chi connectivity index (χ2n) is 6.70. The molecule has 0 unspecified atom stereocenters. The van der Waals surface area contributed by atoms with E-state index in [1.807, 2.05) is 18.3 Å². The second-order valence-corrected chi connectivity index (χ2v) is 7.13. The van der Waals surface area contributed by atoms with Gasteiger partial charge in [0, 0.05) is 42.5 Å². The molecule has 1 amide bonds. The number of fused-ring (bicyclic) bond motifs is 1. The van der Waals surface area contributed by atoms with E-state index in [4.69, 9.17) is 17.3 Å². The summed E-state index contributed by atoms with van der Waals surface area (Å²) >= 11 is 6.03. The predicted molar refractivity (Wildman–Crippen MR) is 110 cm³/mol. The molecule has 30 heavy (non-hydrogen) atoms. The minimum absolute atomic E-state index is 0.183. The van der Waals surface area contributed by atoms with Crippen LogP contribution in [0.1, 0.15) is 27.0 Å². The van der Waals surface area contributed by atoms with Crippen molar-refractivity contribution in [3.63, 3.8) is 0 Å². The summed E-state index contributed by atoms with van der Waals surface area (Å²) < 4.78 is 28.3. The van der Waals surface area contributed by atoms with Crippen molar-refractivity contribution in [1.82, 2.24) is 15.0 Å². The van der Waals surface area contributed by atoms with Crippen molar-refractivity contribution in [3.05, 3.63) is 87.8 Å². The number of carbonyl (C=O) groups excluding carboxylic acids is 1. The normalized spacial score (nSPS) is 11.0. The summed E-state index contributed by atoms with van der Waals surface area (Å²) in [4.78, 5) is 22.9. The Labute approximate surface area is 175 Å². The lowest BCUT2D eigenvalue weighted by Gasteiger charge is -2.10. The molecule has 0 spiro atoms. The van der Waals surface area contributed by atoms with E-state index in [1.54, 1.807) is 18.5 Å². The van der Waals surface area contributed by atoms with E-state index in [0.29, 0.717) is 17.3 Å². The van der Waals surface area contributed by atoms with Gasteiger partial charge in [-0.1, -0.05) is 17.7 Å². The molecule has 6 nitrogen and oxygen atoms in total. The number of pyridine rings is 2. The van der Waals surface area contributed by atoms with Gasteiger partial charge >= 0.3 is 0 Å². The number of nitrogens with zero attached hydrogens (tertiary/aromatic N) is 2. The highest BCUT2D eigenvalue weighted by atomic mass is 35.5. The van der Waals surface area contributed by atoms with Gasteiger partial charge in [0.1, 0.15) is 23.1 Å². The van der Waals surface area contributed by atoms with Crippen LogP contribution in [-0.4, -0.2) is 20.9 Å². The molecule has 0 bridgehead atoms. The molecule has 0 aliphatic rings. The number of amides is 1. The highest BCUT2D eigenvalue weighted by Crippen LogP contribution is 2.23. The smallest absolute Gasteiger partial charge is 0.251 e. The number of carbonyl (C=O) groups is 1. The topological polar surface area (TPSA) is 96.7 Å². The van der Waals surface area contributed by atoms with Crippen LogP contribution in [0.4, 0.5) is 14.6 Å². The van der Waals surface area contributed by atoms with E-state index < -0.39 is 17.5 Å². The molecule has 3 aromatic heterocycles. The van der Waals surface area contributed by atoms with Crippen molar-refractivity contribution in [2.75, 3.05) is 5.32 Å². The summed E-state index contributed by atoms with van der Waals surface area (Å²) in [5.74, 6) is -2.26. The highest BCUT2D eigenvalue weighted by Gasteiger charge is 2.17. The van der Waals surface area contributed by atoms with Gasteiger partial charge in [0.15, 0.2) is 0 Å². The predicted octanol–water partition coefficient (Wildman–Crippen LogP) is 4.19. The third kappa shape index (κ3) is 3.95. The summed E-state index contributed by atoms with van der Waals surface area (Å²) in [6, 6.07) is 7.46. The zero-order chi connectivity index (χ0) is 21.3. The number of H-pyrrole nitrogens is 1. The van der Waals surface area contributed by atoms with Crippen LogP contribution >= 0.6 is 11.6 Å². The number of nitrogens with two attached hydrogens (primary N) is 1. The van der Waals surface area contributed by atoms with E-state index in [0.717, 1.165) is 34.3 Å². The number of anilines is 1. The maximum Gasteiger partial charge on any atom is 0.251 e. The number of hydrogen-bond donors (Lipinski definition) is 3. The van der Waals surface area contributed by atoms with Crippen LogP contribution in [0.5, 0.6) is 0 Å². The van der Waals surface area contributed by atoms with Crippen LogP contribution in [0, 0.1) is 11.6 Å². The Kier molecular flexibility index (Phi) is 5.33. The SMILES string of the molecule is NC(=O)c1ccc(F)c(CNc2ccc(Cc3c[nH]c4ncc(Cl)cc34)cn2)c1F. The Hall–Kier alpha value is -3.52. The van der Waals surface area contributed by atoms with Gasteiger partial charge in [0.25, 0.3) is 5.91 Å². The first-order valence-electron chi connectivity index (χ1n) is 8.99. The van der Waals surface area contributed by atoms with Crippen molar-refractivity contribution in [2.24, 2.45) is 5.73 Å². The van der Waals surface area contributed by atoms with Crippen molar-refractivity contribution in [1.29, 1.82) is 0 Å². The van der Waals surface area contributed by atoms with Crippen molar-refractivity contribution in [3.8, 4) is 0 Å². The summed E-state index contributed by atoms with van der Waals surface area (Å²) in [5.41, 5.74) is 7.19. The number of rotatable bonds is 6. The van der Waals surface area contributed by atoms with E-state index in [2.05, 4.69) is 20.3 Å². The van der Waals surface area contributed by atoms with Gasteiger partial charge in [-0.25, -0.2) is 18.7 Å². The monoisotopic (exact) mass is 427 g/mol. The van der Waals surface area contributed by atoms with E-state index in [1.165, 1.54) is 0 Å². The molecule has 4 N–H and O–H groups in total. The van der Waals surface area contributed by atoms with Crippen LogP contribution in [-0.2, 0) is 13.0 Å². The van der Waals surface area contributed by atoms with Gasteiger partial charge in [-0.15, -0.1) is 0 Å². The Morgan fingerprint density at radius 3 is 2.73 bits per heavy atom. The zero-order valence-electron chi connectivity index (χ0n) is 15.5. The molecule has 9 heteroatoms. The molecule has 1 aromatic carbocycles. The molecule has 3 heterocycles. The number of aromatic nitrogens is 3. The van der Waals surface area contributed by atoms with E-state index in [9.17, 15) is 13.6 Å². The Balaban J connectivity index is 1.47. The first-order valence-corrected chi connectivity index (χ1v) is 9.37. The van der Waals surface area contributed by atoms with E-state index >= 15 is 0 Å². The summed E-state index contributed by atoms with van der Waals surface area (Å²) in [7, 11) is 0. The second kappa shape index (κ2) is 8.08. The number of benzene rings is 1. The lowest BCUT2D eigenvalue weighted by atomic mass is 10.1. The number of primary amides is 1. The number of nitrogens with one attached hydrogen (secondary N) is 2.